The summed E-state index contributed by atoms with van der Waals surface area (Å²) in [5.41, 5.74) is -1.09. The van der Waals surface area contributed by atoms with Crippen LogP contribution in [0.25, 0.3) is 11.4 Å². The van der Waals surface area contributed by atoms with Gasteiger partial charge in [-0.2, -0.15) is 13.2 Å². The van der Waals surface area contributed by atoms with E-state index in [4.69, 9.17) is 4.74 Å². The molecular formula is C20H25F3N4O3. The molecular weight excluding hydrogens is 401 g/mol. The fourth-order valence-corrected chi connectivity index (χ4v) is 3.64. The van der Waals surface area contributed by atoms with E-state index in [1.165, 1.54) is 28.5 Å². The summed E-state index contributed by atoms with van der Waals surface area (Å²) in [6, 6.07) is 4.70. The van der Waals surface area contributed by atoms with Crippen LogP contribution in [0.5, 0.6) is 0 Å². The van der Waals surface area contributed by atoms with Gasteiger partial charge in [0.2, 0.25) is 5.91 Å². The smallest absolute Gasteiger partial charge is 0.383 e. The van der Waals surface area contributed by atoms with Crippen molar-refractivity contribution in [3.8, 4) is 11.4 Å². The molecule has 1 saturated carbocycles. The standard InChI is InChI=1S/C20H25F3N4O3/c1-30-12-11-26-17(15-7-4-8-16(13-15)20(21,22)23)25-27(19(26)29)10-9-24-18(28)14-5-2-3-6-14/h4,7-8,13-14H,2-3,5-6,9-12H2,1H3,(H,24,28). The zero-order chi connectivity index (χ0) is 21.7. The second kappa shape index (κ2) is 9.46. The number of aromatic nitrogens is 3. The summed E-state index contributed by atoms with van der Waals surface area (Å²) in [5, 5.41) is 7.06. The maximum Gasteiger partial charge on any atom is 0.416 e. The minimum atomic E-state index is -4.50. The van der Waals surface area contributed by atoms with Crippen molar-refractivity contribution in [2.24, 2.45) is 5.92 Å². The molecule has 0 spiro atoms. The quantitative estimate of drug-likeness (QED) is 0.704. The molecule has 30 heavy (non-hydrogen) atoms. The molecule has 1 fully saturated rings. The van der Waals surface area contributed by atoms with Crippen molar-refractivity contribution < 1.29 is 22.7 Å². The minimum absolute atomic E-state index is 0.0154. The second-order valence-electron chi connectivity index (χ2n) is 7.32. The number of benzene rings is 1. The van der Waals surface area contributed by atoms with Gasteiger partial charge in [0, 0.05) is 25.1 Å². The highest BCUT2D eigenvalue weighted by atomic mass is 19.4. The summed E-state index contributed by atoms with van der Waals surface area (Å²) >= 11 is 0. The fourth-order valence-electron chi connectivity index (χ4n) is 3.64. The molecule has 1 aromatic heterocycles. The normalized spacial score (nSPS) is 14.9. The van der Waals surface area contributed by atoms with E-state index in [0.29, 0.717) is 0 Å². The Morgan fingerprint density at radius 3 is 2.67 bits per heavy atom. The lowest BCUT2D eigenvalue weighted by atomic mass is 10.1. The third kappa shape index (κ3) is 5.10. The number of ether oxygens (including phenoxy) is 1. The molecule has 3 rings (SSSR count). The molecule has 1 aromatic carbocycles. The summed E-state index contributed by atoms with van der Waals surface area (Å²) in [5.74, 6) is 0.115. The molecule has 1 heterocycles. The Labute approximate surface area is 171 Å². The van der Waals surface area contributed by atoms with E-state index in [9.17, 15) is 22.8 Å². The molecule has 0 unspecified atom stereocenters. The van der Waals surface area contributed by atoms with Crippen molar-refractivity contribution in [2.45, 2.75) is 44.9 Å². The summed E-state index contributed by atoms with van der Waals surface area (Å²) in [6.07, 6.45) is -0.668. The van der Waals surface area contributed by atoms with Crippen molar-refractivity contribution in [1.82, 2.24) is 19.7 Å². The van der Waals surface area contributed by atoms with Gasteiger partial charge in [-0.05, 0) is 25.0 Å². The van der Waals surface area contributed by atoms with E-state index in [2.05, 4.69) is 10.4 Å². The van der Waals surface area contributed by atoms with Gasteiger partial charge >= 0.3 is 11.9 Å². The number of alkyl halides is 3. The van der Waals surface area contributed by atoms with Gasteiger partial charge in [-0.1, -0.05) is 25.0 Å². The van der Waals surface area contributed by atoms with Crippen molar-refractivity contribution in [2.75, 3.05) is 20.3 Å². The molecule has 0 radical (unpaired) electrons. The molecule has 10 heteroatoms. The fraction of sp³-hybridized carbons (Fsp3) is 0.550. The Bertz CT molecular complexity index is 930. The Kier molecular flexibility index (Phi) is 6.96. The number of carbonyl (C=O) groups excluding carboxylic acids is 1. The van der Waals surface area contributed by atoms with Gasteiger partial charge in [0.15, 0.2) is 5.82 Å². The minimum Gasteiger partial charge on any atom is -0.383 e. The van der Waals surface area contributed by atoms with Crippen molar-refractivity contribution in [3.63, 3.8) is 0 Å². The zero-order valence-corrected chi connectivity index (χ0v) is 16.7. The number of halogens is 3. The van der Waals surface area contributed by atoms with Gasteiger partial charge in [0.05, 0.1) is 25.3 Å². The highest BCUT2D eigenvalue weighted by molar-refractivity contribution is 5.78. The van der Waals surface area contributed by atoms with Crippen LogP contribution in [0.1, 0.15) is 31.2 Å². The third-order valence-corrected chi connectivity index (χ3v) is 5.24. The lowest BCUT2D eigenvalue weighted by Crippen LogP contribution is -2.35. The molecule has 164 valence electrons. The van der Waals surface area contributed by atoms with Gasteiger partial charge in [-0.15, -0.1) is 5.10 Å². The summed E-state index contributed by atoms with van der Waals surface area (Å²) in [7, 11) is 1.47. The summed E-state index contributed by atoms with van der Waals surface area (Å²) < 4.78 is 46.7. The molecule has 1 amide bonds. The first-order valence-electron chi connectivity index (χ1n) is 9.93. The topological polar surface area (TPSA) is 78.2 Å². The monoisotopic (exact) mass is 426 g/mol. The highest BCUT2D eigenvalue weighted by Crippen LogP contribution is 2.31. The van der Waals surface area contributed by atoms with Gasteiger partial charge < -0.3 is 10.1 Å². The number of amides is 1. The van der Waals surface area contributed by atoms with Gasteiger partial charge in [-0.25, -0.2) is 9.48 Å². The number of methoxy groups -OCH3 is 1. The first-order chi connectivity index (χ1) is 14.3. The van der Waals surface area contributed by atoms with E-state index >= 15 is 0 Å². The molecule has 0 atom stereocenters. The molecule has 2 aromatic rings. The molecule has 1 aliphatic rings. The van der Waals surface area contributed by atoms with Crippen LogP contribution in [-0.4, -0.2) is 40.5 Å². The predicted molar refractivity (Wildman–Crippen MR) is 104 cm³/mol. The number of carbonyl (C=O) groups is 1. The van der Waals surface area contributed by atoms with Gasteiger partial charge in [0.1, 0.15) is 0 Å². The second-order valence-corrected chi connectivity index (χ2v) is 7.32. The molecule has 7 nitrogen and oxygen atoms in total. The number of hydrogen-bond acceptors (Lipinski definition) is 4. The van der Waals surface area contributed by atoms with Crippen LogP contribution in [0.4, 0.5) is 13.2 Å². The molecule has 0 saturated heterocycles. The summed E-state index contributed by atoms with van der Waals surface area (Å²) in [6.45, 7) is 0.702. The Hall–Kier alpha value is -2.62. The zero-order valence-electron chi connectivity index (χ0n) is 16.7. The van der Waals surface area contributed by atoms with Gasteiger partial charge in [0.25, 0.3) is 0 Å². The Morgan fingerprint density at radius 1 is 1.27 bits per heavy atom. The van der Waals surface area contributed by atoms with Crippen molar-refractivity contribution in [3.05, 3.63) is 40.3 Å². The molecule has 0 bridgehead atoms. The summed E-state index contributed by atoms with van der Waals surface area (Å²) in [4.78, 5) is 24.9. The SMILES string of the molecule is COCCn1c(-c2cccc(C(F)(F)F)c2)nn(CCNC(=O)C2CCCC2)c1=O. The Morgan fingerprint density at radius 2 is 2.00 bits per heavy atom. The average molecular weight is 426 g/mol. The first kappa shape index (κ1) is 22.1. The maximum absolute atomic E-state index is 13.1. The number of rotatable bonds is 8. The third-order valence-electron chi connectivity index (χ3n) is 5.24. The largest absolute Gasteiger partial charge is 0.416 e. The average Bonchev–Trinajstić information content (AvgIpc) is 3.35. The van der Waals surface area contributed by atoms with Crippen LogP contribution in [0, 0.1) is 5.92 Å². The number of hydrogen-bond donors (Lipinski definition) is 1. The molecule has 1 N–H and O–H groups in total. The van der Waals surface area contributed by atoms with E-state index in [1.807, 2.05) is 0 Å². The predicted octanol–water partition coefficient (Wildman–Crippen LogP) is 2.68. The number of nitrogens with one attached hydrogen (secondary N) is 1. The highest BCUT2D eigenvalue weighted by Gasteiger charge is 2.31. The maximum atomic E-state index is 13.1. The van der Waals surface area contributed by atoms with Crippen molar-refractivity contribution >= 4 is 5.91 Å². The lowest BCUT2D eigenvalue weighted by Gasteiger charge is -2.09. The van der Waals surface area contributed by atoms with Crippen molar-refractivity contribution in [1.29, 1.82) is 0 Å². The van der Waals surface area contributed by atoms with E-state index < -0.39 is 17.4 Å². The van der Waals surface area contributed by atoms with Crippen LogP contribution >= 0.6 is 0 Å². The van der Waals surface area contributed by atoms with Crippen LogP contribution in [0.3, 0.4) is 0 Å². The van der Waals surface area contributed by atoms with E-state index in [0.717, 1.165) is 37.8 Å². The van der Waals surface area contributed by atoms with Crippen LogP contribution in [0.15, 0.2) is 29.1 Å². The Balaban J connectivity index is 1.81. The van der Waals surface area contributed by atoms with Crippen LogP contribution in [-0.2, 0) is 28.8 Å². The number of nitrogens with zero attached hydrogens (tertiary/aromatic N) is 3. The lowest BCUT2D eigenvalue weighted by molar-refractivity contribution is -0.137. The van der Waals surface area contributed by atoms with Crippen LogP contribution in [0.2, 0.25) is 0 Å². The molecule has 0 aliphatic heterocycles. The van der Waals surface area contributed by atoms with Gasteiger partial charge in [-0.3, -0.25) is 9.36 Å². The first-order valence-corrected chi connectivity index (χ1v) is 9.93. The van der Waals surface area contributed by atoms with E-state index in [-0.39, 0.29) is 49.5 Å². The van der Waals surface area contributed by atoms with Crippen LogP contribution < -0.4 is 11.0 Å². The molecule has 1 aliphatic carbocycles. The van der Waals surface area contributed by atoms with E-state index in [1.54, 1.807) is 0 Å².